The van der Waals surface area contributed by atoms with Crippen LogP contribution in [-0.2, 0) is 4.43 Å². The van der Waals surface area contributed by atoms with E-state index in [4.69, 9.17) is 4.43 Å². The minimum absolute atomic E-state index is 0.0924. The Bertz CT molecular complexity index is 764. The molecule has 2 aromatic rings. The molecule has 0 saturated carbocycles. The van der Waals surface area contributed by atoms with Gasteiger partial charge >= 0.3 is 0 Å². The monoisotopic (exact) mass is 426 g/mol. The van der Waals surface area contributed by atoms with Crippen molar-refractivity contribution in [3.63, 3.8) is 0 Å². The standard InChI is InChI=1S/C26H38O3Si/c1-21(2)14-13-19-26(6,28)24(27)20-29-30(25(3,4)5,22-15-9-7-10-16-22)23-17-11-8-12-18-23/h7-12,14-18,24,27-28H,13,19-20H2,1-6H3/t24-,26-/m0/s1. The van der Waals surface area contributed by atoms with Crippen LogP contribution in [0.2, 0.25) is 5.04 Å². The number of hydrogen-bond acceptors (Lipinski definition) is 3. The summed E-state index contributed by atoms with van der Waals surface area (Å²) >= 11 is 0. The Balaban J connectivity index is 2.38. The van der Waals surface area contributed by atoms with Crippen LogP contribution >= 0.6 is 0 Å². The third-order valence-electron chi connectivity index (χ3n) is 5.80. The molecule has 0 radical (unpaired) electrons. The van der Waals surface area contributed by atoms with E-state index in [1.54, 1.807) is 6.92 Å². The predicted molar refractivity (Wildman–Crippen MR) is 129 cm³/mol. The summed E-state index contributed by atoms with van der Waals surface area (Å²) in [6, 6.07) is 20.7. The summed E-state index contributed by atoms with van der Waals surface area (Å²) in [5, 5.41) is 24.0. The summed E-state index contributed by atoms with van der Waals surface area (Å²) in [5.74, 6) is 0. The first kappa shape index (κ1) is 24.5. The van der Waals surface area contributed by atoms with Crippen LogP contribution in [0.4, 0.5) is 0 Å². The molecular formula is C26H38O3Si. The highest BCUT2D eigenvalue weighted by molar-refractivity contribution is 6.99. The molecule has 2 atom stereocenters. The normalized spacial score (nSPS) is 15.3. The second-order valence-corrected chi connectivity index (χ2v) is 14.0. The van der Waals surface area contributed by atoms with Crippen molar-refractivity contribution in [2.45, 2.75) is 71.1 Å². The van der Waals surface area contributed by atoms with Gasteiger partial charge in [-0.2, -0.15) is 0 Å². The molecular weight excluding hydrogens is 388 g/mol. The van der Waals surface area contributed by atoms with Gasteiger partial charge in [0.25, 0.3) is 8.32 Å². The molecule has 0 amide bonds. The van der Waals surface area contributed by atoms with Crippen molar-refractivity contribution in [2.75, 3.05) is 6.61 Å². The third-order valence-corrected chi connectivity index (χ3v) is 10.8. The van der Waals surface area contributed by atoms with Crippen molar-refractivity contribution < 1.29 is 14.6 Å². The number of rotatable bonds is 9. The topological polar surface area (TPSA) is 49.7 Å². The quantitative estimate of drug-likeness (QED) is 0.461. The van der Waals surface area contributed by atoms with E-state index in [1.807, 2.05) is 50.2 Å². The highest BCUT2D eigenvalue weighted by atomic mass is 28.4. The van der Waals surface area contributed by atoms with E-state index in [2.05, 4.69) is 51.1 Å². The molecule has 0 fully saturated rings. The van der Waals surface area contributed by atoms with Crippen molar-refractivity contribution >= 4 is 18.7 Å². The molecule has 30 heavy (non-hydrogen) atoms. The molecule has 4 heteroatoms. The molecule has 0 aromatic heterocycles. The second-order valence-electron chi connectivity index (χ2n) is 9.67. The van der Waals surface area contributed by atoms with Crippen molar-refractivity contribution in [1.29, 1.82) is 0 Å². The Hall–Kier alpha value is -1.72. The molecule has 0 aliphatic carbocycles. The number of hydrogen-bond donors (Lipinski definition) is 2. The molecule has 0 aliphatic heterocycles. The highest BCUT2D eigenvalue weighted by Crippen LogP contribution is 2.37. The summed E-state index contributed by atoms with van der Waals surface area (Å²) in [7, 11) is -2.72. The van der Waals surface area contributed by atoms with Crippen LogP contribution in [0.15, 0.2) is 72.3 Å². The molecule has 164 valence electrons. The number of benzene rings is 2. The Morgan fingerprint density at radius 3 is 1.80 bits per heavy atom. The number of aliphatic hydroxyl groups excluding tert-OH is 1. The van der Waals surface area contributed by atoms with Crippen LogP contribution in [0.25, 0.3) is 0 Å². The average molecular weight is 427 g/mol. The predicted octanol–water partition coefficient (Wildman–Crippen LogP) is 4.42. The van der Waals surface area contributed by atoms with Crippen LogP contribution in [0.5, 0.6) is 0 Å². The zero-order valence-electron chi connectivity index (χ0n) is 19.4. The van der Waals surface area contributed by atoms with Crippen LogP contribution < -0.4 is 10.4 Å². The van der Waals surface area contributed by atoms with Gasteiger partial charge in [0.1, 0.15) is 6.10 Å². The zero-order valence-corrected chi connectivity index (χ0v) is 20.4. The molecule has 0 heterocycles. The van der Waals surface area contributed by atoms with Crippen LogP contribution in [0.1, 0.15) is 54.4 Å². The second kappa shape index (κ2) is 10.1. The molecule has 0 bridgehead atoms. The first-order valence-electron chi connectivity index (χ1n) is 10.8. The fourth-order valence-electron chi connectivity index (χ4n) is 3.96. The van der Waals surface area contributed by atoms with E-state index in [9.17, 15) is 10.2 Å². The Morgan fingerprint density at radius 1 is 0.933 bits per heavy atom. The maximum absolute atomic E-state index is 10.9. The summed E-state index contributed by atoms with van der Waals surface area (Å²) in [5.41, 5.74) is 0.000938. The number of allylic oxidation sites excluding steroid dienone is 2. The van der Waals surface area contributed by atoms with Gasteiger partial charge in [-0.15, -0.1) is 0 Å². The lowest BCUT2D eigenvalue weighted by Crippen LogP contribution is -2.67. The van der Waals surface area contributed by atoms with Gasteiger partial charge in [0.15, 0.2) is 0 Å². The molecule has 3 nitrogen and oxygen atoms in total. The first-order valence-corrected chi connectivity index (χ1v) is 12.7. The Morgan fingerprint density at radius 2 is 1.40 bits per heavy atom. The van der Waals surface area contributed by atoms with E-state index in [0.717, 1.165) is 6.42 Å². The maximum atomic E-state index is 10.9. The Labute approximate surface area is 183 Å². The average Bonchev–Trinajstić information content (AvgIpc) is 2.68. The summed E-state index contributed by atoms with van der Waals surface area (Å²) < 4.78 is 6.76. The van der Waals surface area contributed by atoms with E-state index in [-0.39, 0.29) is 11.6 Å². The van der Waals surface area contributed by atoms with Gasteiger partial charge in [-0.05, 0) is 49.0 Å². The van der Waals surface area contributed by atoms with Gasteiger partial charge in [0, 0.05) is 0 Å². The molecule has 0 aliphatic rings. The molecule has 2 N–H and O–H groups in total. The third kappa shape index (κ3) is 5.70. The maximum Gasteiger partial charge on any atom is 0.261 e. The summed E-state index contributed by atoms with van der Waals surface area (Å²) in [4.78, 5) is 0. The van der Waals surface area contributed by atoms with Gasteiger partial charge in [0.2, 0.25) is 0 Å². The minimum Gasteiger partial charge on any atom is -0.405 e. The van der Waals surface area contributed by atoms with Crippen molar-refractivity contribution in [3.05, 3.63) is 72.3 Å². The lowest BCUT2D eigenvalue weighted by atomic mass is 9.93. The zero-order chi connectivity index (χ0) is 22.4. The van der Waals surface area contributed by atoms with E-state index in [0.29, 0.717) is 6.42 Å². The van der Waals surface area contributed by atoms with E-state index < -0.39 is 20.0 Å². The fraction of sp³-hybridized carbons (Fsp3) is 0.462. The number of aliphatic hydroxyl groups is 2. The SMILES string of the molecule is CC(C)=CCC[C@](C)(O)[C@@H](O)CO[Si](c1ccccc1)(c1ccccc1)C(C)(C)C. The molecule has 0 saturated heterocycles. The van der Waals surface area contributed by atoms with Gasteiger partial charge in [-0.1, -0.05) is 93.1 Å². The van der Waals surface area contributed by atoms with Gasteiger partial charge in [-0.3, -0.25) is 0 Å². The van der Waals surface area contributed by atoms with Crippen molar-refractivity contribution in [3.8, 4) is 0 Å². The lowest BCUT2D eigenvalue weighted by Gasteiger charge is -2.44. The fourth-order valence-corrected chi connectivity index (χ4v) is 8.53. The molecule has 0 unspecified atom stereocenters. The molecule has 2 aromatic carbocycles. The minimum atomic E-state index is -2.72. The van der Waals surface area contributed by atoms with Crippen LogP contribution in [-0.4, -0.2) is 36.8 Å². The summed E-state index contributed by atoms with van der Waals surface area (Å²) in [6.07, 6.45) is 2.34. The van der Waals surface area contributed by atoms with Crippen LogP contribution in [0, 0.1) is 0 Å². The van der Waals surface area contributed by atoms with Gasteiger partial charge < -0.3 is 14.6 Å². The smallest absolute Gasteiger partial charge is 0.261 e. The van der Waals surface area contributed by atoms with Crippen LogP contribution in [0.3, 0.4) is 0 Å². The van der Waals surface area contributed by atoms with Gasteiger partial charge in [0.05, 0.1) is 12.2 Å². The highest BCUT2D eigenvalue weighted by Gasteiger charge is 2.50. The largest absolute Gasteiger partial charge is 0.405 e. The van der Waals surface area contributed by atoms with E-state index in [1.165, 1.54) is 15.9 Å². The molecule has 0 spiro atoms. The van der Waals surface area contributed by atoms with Crippen molar-refractivity contribution in [1.82, 2.24) is 0 Å². The molecule has 2 rings (SSSR count). The lowest BCUT2D eigenvalue weighted by molar-refractivity contribution is -0.0838. The first-order chi connectivity index (χ1) is 14.0. The van der Waals surface area contributed by atoms with Gasteiger partial charge in [-0.25, -0.2) is 0 Å². The van der Waals surface area contributed by atoms with Crippen molar-refractivity contribution in [2.24, 2.45) is 0 Å². The summed E-state index contributed by atoms with van der Waals surface area (Å²) in [6.45, 7) is 12.5. The Kier molecular flexibility index (Phi) is 8.23. The van der Waals surface area contributed by atoms with E-state index >= 15 is 0 Å².